The summed E-state index contributed by atoms with van der Waals surface area (Å²) in [6, 6.07) is 13.9. The maximum absolute atomic E-state index is 13.0. The maximum atomic E-state index is 13.0. The number of carbonyl (C=O) groups is 1. The normalized spacial score (nSPS) is 16.0. The minimum Gasteiger partial charge on any atom is -0.497 e. The van der Waals surface area contributed by atoms with E-state index in [-0.39, 0.29) is 11.3 Å². The number of nitrogens with one attached hydrogen (secondary N) is 1. The molecule has 4 rings (SSSR count). The monoisotopic (exact) mass is 457 g/mol. The van der Waals surface area contributed by atoms with Gasteiger partial charge in [0.15, 0.2) is 5.76 Å². The van der Waals surface area contributed by atoms with Crippen LogP contribution >= 0.6 is 15.9 Å². The standard InChI is InChI=1S/C23H24BrNO4/c1-15-19-13-17(24)5-8-20(19)29-21(15)22(26)25-14-23(9-11-28-12-10-23)16-3-6-18(27-2)7-4-16/h3-8,13H,9-12,14H2,1-2H3,(H,25,26). The molecule has 0 atom stereocenters. The second-order valence-electron chi connectivity index (χ2n) is 7.50. The van der Waals surface area contributed by atoms with Crippen LogP contribution in [-0.2, 0) is 10.2 Å². The van der Waals surface area contributed by atoms with E-state index in [4.69, 9.17) is 13.9 Å². The Hall–Kier alpha value is -2.31. The van der Waals surface area contributed by atoms with Gasteiger partial charge in [-0.2, -0.15) is 0 Å². The maximum Gasteiger partial charge on any atom is 0.287 e. The Morgan fingerprint density at radius 2 is 1.90 bits per heavy atom. The predicted octanol–water partition coefficient (Wildman–Crippen LogP) is 4.99. The highest BCUT2D eigenvalue weighted by Crippen LogP contribution is 2.35. The summed E-state index contributed by atoms with van der Waals surface area (Å²) in [6.07, 6.45) is 1.71. The number of aryl methyl sites for hydroxylation is 1. The van der Waals surface area contributed by atoms with Crippen LogP contribution in [0.5, 0.6) is 5.75 Å². The Kier molecular flexibility index (Phi) is 5.65. The van der Waals surface area contributed by atoms with E-state index in [1.54, 1.807) is 7.11 Å². The summed E-state index contributed by atoms with van der Waals surface area (Å²) >= 11 is 3.48. The molecular formula is C23H24BrNO4. The molecule has 3 aromatic rings. The van der Waals surface area contributed by atoms with Gasteiger partial charge >= 0.3 is 0 Å². The Morgan fingerprint density at radius 3 is 2.59 bits per heavy atom. The number of carbonyl (C=O) groups excluding carboxylic acids is 1. The third-order valence-electron chi connectivity index (χ3n) is 5.84. The summed E-state index contributed by atoms with van der Waals surface area (Å²) in [5.41, 5.74) is 2.59. The molecule has 0 aliphatic carbocycles. The van der Waals surface area contributed by atoms with Gasteiger partial charge in [0, 0.05) is 40.6 Å². The van der Waals surface area contributed by atoms with Crippen LogP contribution < -0.4 is 10.1 Å². The van der Waals surface area contributed by atoms with Crippen molar-refractivity contribution in [2.45, 2.75) is 25.2 Å². The fourth-order valence-electron chi connectivity index (χ4n) is 4.01. The van der Waals surface area contributed by atoms with Crippen molar-refractivity contribution in [1.29, 1.82) is 0 Å². The van der Waals surface area contributed by atoms with Gasteiger partial charge in [-0.3, -0.25) is 4.79 Å². The predicted molar refractivity (Wildman–Crippen MR) is 116 cm³/mol. The summed E-state index contributed by atoms with van der Waals surface area (Å²) in [5.74, 6) is 1.01. The van der Waals surface area contributed by atoms with Crippen molar-refractivity contribution >= 4 is 32.8 Å². The lowest BCUT2D eigenvalue weighted by Crippen LogP contribution is -2.44. The van der Waals surface area contributed by atoms with Crippen molar-refractivity contribution in [3.05, 3.63) is 63.8 Å². The average Bonchev–Trinajstić information content (AvgIpc) is 3.09. The van der Waals surface area contributed by atoms with Gasteiger partial charge in [-0.25, -0.2) is 0 Å². The third kappa shape index (κ3) is 3.91. The van der Waals surface area contributed by atoms with E-state index in [9.17, 15) is 4.79 Å². The molecule has 1 aliphatic heterocycles. The number of hydrogen-bond acceptors (Lipinski definition) is 4. The van der Waals surface area contributed by atoms with Crippen molar-refractivity contribution < 1.29 is 18.7 Å². The van der Waals surface area contributed by atoms with Gasteiger partial charge in [0.2, 0.25) is 0 Å². The number of benzene rings is 2. The van der Waals surface area contributed by atoms with Gasteiger partial charge in [0.25, 0.3) is 5.91 Å². The van der Waals surface area contributed by atoms with Crippen LogP contribution in [0.1, 0.15) is 34.5 Å². The number of hydrogen-bond donors (Lipinski definition) is 1. The molecule has 152 valence electrons. The van der Waals surface area contributed by atoms with Gasteiger partial charge < -0.3 is 19.2 Å². The summed E-state index contributed by atoms with van der Waals surface area (Å²) in [7, 11) is 1.66. The van der Waals surface area contributed by atoms with Crippen LogP contribution in [0.25, 0.3) is 11.0 Å². The van der Waals surface area contributed by atoms with Crippen molar-refractivity contribution in [1.82, 2.24) is 5.32 Å². The molecule has 1 aromatic heterocycles. The number of furan rings is 1. The summed E-state index contributed by atoms with van der Waals surface area (Å²) in [5, 5.41) is 4.07. The van der Waals surface area contributed by atoms with E-state index in [0.29, 0.717) is 31.1 Å². The molecule has 29 heavy (non-hydrogen) atoms. The highest BCUT2D eigenvalue weighted by Gasteiger charge is 2.35. The smallest absolute Gasteiger partial charge is 0.287 e. The first kappa shape index (κ1) is 20.0. The van der Waals surface area contributed by atoms with Crippen LogP contribution in [0.2, 0.25) is 0 Å². The van der Waals surface area contributed by atoms with Gasteiger partial charge in [-0.1, -0.05) is 28.1 Å². The second-order valence-corrected chi connectivity index (χ2v) is 8.42. The van der Waals surface area contributed by atoms with Crippen LogP contribution in [0.4, 0.5) is 0 Å². The van der Waals surface area contributed by atoms with Gasteiger partial charge in [-0.15, -0.1) is 0 Å². The number of amides is 1. The molecule has 5 nitrogen and oxygen atoms in total. The number of ether oxygens (including phenoxy) is 2. The van der Waals surface area contributed by atoms with Gasteiger partial charge in [0.05, 0.1) is 7.11 Å². The number of rotatable bonds is 5. The lowest BCUT2D eigenvalue weighted by Gasteiger charge is -2.38. The van der Waals surface area contributed by atoms with E-state index in [1.165, 1.54) is 5.56 Å². The average molecular weight is 458 g/mol. The largest absolute Gasteiger partial charge is 0.497 e. The highest BCUT2D eigenvalue weighted by molar-refractivity contribution is 9.10. The molecular weight excluding hydrogens is 434 g/mol. The SMILES string of the molecule is COc1ccc(C2(CNC(=O)c3oc4ccc(Br)cc4c3C)CCOCC2)cc1. The molecule has 0 spiro atoms. The molecule has 0 bridgehead atoms. The molecule has 1 aliphatic rings. The fraction of sp³-hybridized carbons (Fsp3) is 0.348. The number of halogens is 1. The number of methoxy groups -OCH3 is 1. The zero-order chi connectivity index (χ0) is 20.4. The Balaban J connectivity index is 1.57. The molecule has 0 radical (unpaired) electrons. The van der Waals surface area contributed by atoms with Gasteiger partial charge in [0.1, 0.15) is 11.3 Å². The van der Waals surface area contributed by atoms with E-state index in [1.807, 2.05) is 37.3 Å². The van der Waals surface area contributed by atoms with Gasteiger partial charge in [-0.05, 0) is 55.7 Å². The van der Waals surface area contributed by atoms with Crippen LogP contribution in [0.3, 0.4) is 0 Å². The van der Waals surface area contributed by atoms with Crippen molar-refractivity contribution in [2.75, 3.05) is 26.9 Å². The minimum atomic E-state index is -0.186. The zero-order valence-electron chi connectivity index (χ0n) is 16.6. The second kappa shape index (κ2) is 8.20. The quantitative estimate of drug-likeness (QED) is 0.585. The zero-order valence-corrected chi connectivity index (χ0v) is 18.2. The molecule has 2 aromatic carbocycles. The molecule has 1 N–H and O–H groups in total. The van der Waals surface area contributed by atoms with Crippen molar-refractivity contribution in [2.24, 2.45) is 0 Å². The molecule has 1 fully saturated rings. The molecule has 1 amide bonds. The van der Waals surface area contributed by atoms with Crippen molar-refractivity contribution in [3.63, 3.8) is 0 Å². The topological polar surface area (TPSA) is 60.7 Å². The van der Waals surface area contributed by atoms with Crippen LogP contribution in [0.15, 0.2) is 51.4 Å². The Bertz CT molecular complexity index is 1020. The first-order chi connectivity index (χ1) is 14.0. The molecule has 2 heterocycles. The van der Waals surface area contributed by atoms with E-state index in [0.717, 1.165) is 34.0 Å². The Labute approximate surface area is 178 Å². The van der Waals surface area contributed by atoms with Crippen molar-refractivity contribution in [3.8, 4) is 5.75 Å². The lowest BCUT2D eigenvalue weighted by molar-refractivity contribution is 0.0484. The molecule has 0 unspecified atom stereocenters. The third-order valence-corrected chi connectivity index (χ3v) is 6.34. The number of fused-ring (bicyclic) bond motifs is 1. The molecule has 1 saturated heterocycles. The van der Waals surface area contributed by atoms with E-state index in [2.05, 4.69) is 33.4 Å². The van der Waals surface area contributed by atoms with E-state index >= 15 is 0 Å². The molecule has 0 saturated carbocycles. The molecule has 6 heteroatoms. The minimum absolute atomic E-state index is 0.164. The summed E-state index contributed by atoms with van der Waals surface area (Å²) in [4.78, 5) is 13.0. The first-order valence-electron chi connectivity index (χ1n) is 9.71. The highest BCUT2D eigenvalue weighted by atomic mass is 79.9. The first-order valence-corrected chi connectivity index (χ1v) is 10.5. The van der Waals surface area contributed by atoms with E-state index < -0.39 is 0 Å². The summed E-state index contributed by atoms with van der Waals surface area (Å²) in [6.45, 7) is 3.81. The van der Waals surface area contributed by atoms with Crippen LogP contribution in [0, 0.1) is 6.92 Å². The Morgan fingerprint density at radius 1 is 1.17 bits per heavy atom. The lowest BCUT2D eigenvalue weighted by atomic mass is 9.74. The van der Waals surface area contributed by atoms with Crippen LogP contribution in [-0.4, -0.2) is 32.8 Å². The summed E-state index contributed by atoms with van der Waals surface area (Å²) < 4.78 is 17.7. The fourth-order valence-corrected chi connectivity index (χ4v) is 4.37.